The molecule has 0 aliphatic carbocycles. The molecule has 1 aliphatic rings. The summed E-state index contributed by atoms with van der Waals surface area (Å²) in [7, 11) is 0. The fraction of sp³-hybridized carbons (Fsp3) is 0.800. The number of piperidine rings is 1. The number of hydrogen-bond acceptors (Lipinski definition) is 4. The third-order valence-corrected chi connectivity index (χ3v) is 2.73. The monoisotopic (exact) mass is 231 g/mol. The zero-order chi connectivity index (χ0) is 12.1. The standard InChI is InChI=1S/C10H17NO5/c1-2-16-9(13)5-7-3-4-11(10(14)15)6-8(7)12/h7-8,12H,2-6H2,1H3,(H,14,15)/t7-,8-/m0/s1. The van der Waals surface area contributed by atoms with Crippen LogP contribution < -0.4 is 0 Å². The highest BCUT2D eigenvalue weighted by Gasteiger charge is 2.31. The van der Waals surface area contributed by atoms with Gasteiger partial charge in [-0.05, 0) is 19.3 Å². The summed E-state index contributed by atoms with van der Waals surface area (Å²) in [6, 6.07) is 0. The molecule has 0 aromatic heterocycles. The Hall–Kier alpha value is -1.30. The molecule has 0 bridgehead atoms. The molecule has 1 aliphatic heterocycles. The minimum Gasteiger partial charge on any atom is -0.466 e. The Kier molecular flexibility index (Phi) is 4.54. The molecule has 1 saturated heterocycles. The van der Waals surface area contributed by atoms with Gasteiger partial charge in [0.25, 0.3) is 0 Å². The van der Waals surface area contributed by atoms with Crippen LogP contribution in [0.3, 0.4) is 0 Å². The number of amides is 1. The lowest BCUT2D eigenvalue weighted by Gasteiger charge is -2.33. The number of aliphatic hydroxyl groups excluding tert-OH is 1. The number of rotatable bonds is 3. The predicted molar refractivity (Wildman–Crippen MR) is 55.0 cm³/mol. The van der Waals surface area contributed by atoms with Crippen molar-refractivity contribution < 1.29 is 24.5 Å². The van der Waals surface area contributed by atoms with E-state index in [1.165, 1.54) is 0 Å². The maximum atomic E-state index is 11.2. The lowest BCUT2D eigenvalue weighted by atomic mass is 9.91. The fourth-order valence-corrected chi connectivity index (χ4v) is 1.83. The van der Waals surface area contributed by atoms with E-state index in [0.717, 1.165) is 4.90 Å². The molecule has 0 spiro atoms. The largest absolute Gasteiger partial charge is 0.466 e. The van der Waals surface area contributed by atoms with E-state index in [4.69, 9.17) is 9.84 Å². The molecule has 1 rings (SSSR count). The van der Waals surface area contributed by atoms with E-state index in [1.54, 1.807) is 6.92 Å². The van der Waals surface area contributed by atoms with Gasteiger partial charge in [0.1, 0.15) is 0 Å². The smallest absolute Gasteiger partial charge is 0.407 e. The fourth-order valence-electron chi connectivity index (χ4n) is 1.83. The zero-order valence-electron chi connectivity index (χ0n) is 9.26. The van der Waals surface area contributed by atoms with Gasteiger partial charge in [-0.25, -0.2) is 4.79 Å². The lowest BCUT2D eigenvalue weighted by molar-refractivity contribution is -0.146. The predicted octanol–water partition coefficient (Wildman–Crippen LogP) is 0.300. The summed E-state index contributed by atoms with van der Waals surface area (Å²) in [6.07, 6.45) is -1.17. The molecule has 2 atom stereocenters. The average molecular weight is 231 g/mol. The maximum Gasteiger partial charge on any atom is 0.407 e. The molecule has 2 N–H and O–H groups in total. The Bertz CT molecular complexity index is 268. The second-order valence-corrected chi connectivity index (χ2v) is 3.85. The highest BCUT2D eigenvalue weighted by Crippen LogP contribution is 2.21. The minimum absolute atomic E-state index is 0.0689. The van der Waals surface area contributed by atoms with Gasteiger partial charge >= 0.3 is 12.1 Å². The van der Waals surface area contributed by atoms with Gasteiger partial charge in [-0.3, -0.25) is 4.79 Å². The van der Waals surface area contributed by atoms with Gasteiger partial charge in [-0.2, -0.15) is 0 Å². The number of nitrogens with zero attached hydrogens (tertiary/aromatic N) is 1. The zero-order valence-corrected chi connectivity index (χ0v) is 9.26. The summed E-state index contributed by atoms with van der Waals surface area (Å²) in [5, 5.41) is 18.4. The van der Waals surface area contributed by atoms with E-state index in [-0.39, 0.29) is 24.9 Å². The maximum absolute atomic E-state index is 11.2. The van der Waals surface area contributed by atoms with E-state index < -0.39 is 12.2 Å². The quantitative estimate of drug-likeness (QED) is 0.682. The molecule has 0 unspecified atom stereocenters. The van der Waals surface area contributed by atoms with Crippen LogP contribution in [0.4, 0.5) is 4.79 Å². The van der Waals surface area contributed by atoms with Crippen LogP contribution in [-0.2, 0) is 9.53 Å². The normalized spacial score (nSPS) is 25.2. The summed E-state index contributed by atoms with van der Waals surface area (Å²) in [5.41, 5.74) is 0. The van der Waals surface area contributed by atoms with Gasteiger partial charge in [0.2, 0.25) is 0 Å². The number of carbonyl (C=O) groups is 2. The number of hydrogen-bond donors (Lipinski definition) is 2. The van der Waals surface area contributed by atoms with Crippen molar-refractivity contribution in [2.45, 2.75) is 25.9 Å². The highest BCUT2D eigenvalue weighted by molar-refractivity contribution is 5.70. The Morgan fingerprint density at radius 2 is 2.19 bits per heavy atom. The first-order chi connectivity index (χ1) is 7.54. The Labute approximate surface area is 93.8 Å². The van der Waals surface area contributed by atoms with E-state index in [1.807, 2.05) is 0 Å². The molecular formula is C10H17NO5. The number of esters is 1. The summed E-state index contributed by atoms with van der Waals surface area (Å²) >= 11 is 0. The van der Waals surface area contributed by atoms with Gasteiger partial charge in [0, 0.05) is 6.54 Å². The number of carbonyl (C=O) groups excluding carboxylic acids is 1. The molecule has 0 radical (unpaired) electrons. The first-order valence-corrected chi connectivity index (χ1v) is 5.36. The van der Waals surface area contributed by atoms with Crippen LogP contribution in [-0.4, -0.2) is 53.0 Å². The summed E-state index contributed by atoms with van der Waals surface area (Å²) < 4.78 is 4.79. The molecular weight excluding hydrogens is 214 g/mol. The third-order valence-electron chi connectivity index (χ3n) is 2.73. The molecule has 0 saturated carbocycles. The van der Waals surface area contributed by atoms with Gasteiger partial charge < -0.3 is 19.8 Å². The van der Waals surface area contributed by atoms with Crippen LogP contribution in [0.15, 0.2) is 0 Å². The first kappa shape index (κ1) is 12.8. The van der Waals surface area contributed by atoms with Crippen molar-refractivity contribution in [3.05, 3.63) is 0 Å². The first-order valence-electron chi connectivity index (χ1n) is 5.36. The van der Waals surface area contributed by atoms with Gasteiger partial charge in [0.15, 0.2) is 0 Å². The van der Waals surface area contributed by atoms with Crippen molar-refractivity contribution in [3.63, 3.8) is 0 Å². The molecule has 0 aromatic rings. The number of carboxylic acid groups (broad SMARTS) is 1. The van der Waals surface area contributed by atoms with Crippen molar-refractivity contribution in [2.24, 2.45) is 5.92 Å². The molecule has 6 heteroatoms. The number of likely N-dealkylation sites (tertiary alicyclic amines) is 1. The molecule has 92 valence electrons. The molecule has 1 fully saturated rings. The van der Waals surface area contributed by atoms with Gasteiger partial charge in [-0.1, -0.05) is 0 Å². The Balaban J connectivity index is 2.41. The van der Waals surface area contributed by atoms with Crippen LogP contribution in [0.2, 0.25) is 0 Å². The SMILES string of the molecule is CCOC(=O)C[C@@H]1CCN(C(=O)O)C[C@@H]1O. The van der Waals surface area contributed by atoms with Crippen molar-refractivity contribution >= 4 is 12.1 Å². The summed E-state index contributed by atoms with van der Waals surface area (Å²) in [6.45, 7) is 2.47. The second-order valence-electron chi connectivity index (χ2n) is 3.85. The van der Waals surface area contributed by atoms with Crippen molar-refractivity contribution in [2.75, 3.05) is 19.7 Å². The van der Waals surface area contributed by atoms with Crippen molar-refractivity contribution in [1.82, 2.24) is 4.90 Å². The molecule has 0 aromatic carbocycles. The highest BCUT2D eigenvalue weighted by atomic mass is 16.5. The number of aliphatic hydroxyl groups is 1. The van der Waals surface area contributed by atoms with Crippen LogP contribution in [0.5, 0.6) is 0 Å². The topological polar surface area (TPSA) is 87.1 Å². The molecule has 6 nitrogen and oxygen atoms in total. The summed E-state index contributed by atoms with van der Waals surface area (Å²) in [4.78, 5) is 23.0. The third kappa shape index (κ3) is 3.37. The van der Waals surface area contributed by atoms with Crippen LogP contribution in [0.25, 0.3) is 0 Å². The van der Waals surface area contributed by atoms with Crippen LogP contribution in [0.1, 0.15) is 19.8 Å². The summed E-state index contributed by atoms with van der Waals surface area (Å²) in [5.74, 6) is -0.537. The van der Waals surface area contributed by atoms with E-state index in [2.05, 4.69) is 0 Å². The van der Waals surface area contributed by atoms with Gasteiger partial charge in [0.05, 0.1) is 25.7 Å². The second kappa shape index (κ2) is 5.69. The average Bonchev–Trinajstić information content (AvgIpc) is 2.21. The van der Waals surface area contributed by atoms with Crippen molar-refractivity contribution in [1.29, 1.82) is 0 Å². The van der Waals surface area contributed by atoms with E-state index in [9.17, 15) is 14.7 Å². The van der Waals surface area contributed by atoms with Crippen LogP contribution in [0, 0.1) is 5.92 Å². The molecule has 1 amide bonds. The van der Waals surface area contributed by atoms with E-state index in [0.29, 0.717) is 19.6 Å². The Morgan fingerprint density at radius 1 is 1.50 bits per heavy atom. The van der Waals surface area contributed by atoms with Crippen molar-refractivity contribution in [3.8, 4) is 0 Å². The van der Waals surface area contributed by atoms with Crippen LogP contribution >= 0.6 is 0 Å². The minimum atomic E-state index is -1.03. The number of ether oxygens (including phenoxy) is 1. The lowest BCUT2D eigenvalue weighted by Crippen LogP contribution is -2.46. The molecule has 16 heavy (non-hydrogen) atoms. The Morgan fingerprint density at radius 3 is 2.69 bits per heavy atom. The molecule has 1 heterocycles. The van der Waals surface area contributed by atoms with Gasteiger partial charge in [-0.15, -0.1) is 0 Å². The van der Waals surface area contributed by atoms with E-state index >= 15 is 0 Å². The number of β-amino-alcohol motifs (C(OH)–C–C–N with tert-alkyl or cyclic N) is 1.